The zero-order valence-electron chi connectivity index (χ0n) is 18.6. The van der Waals surface area contributed by atoms with Gasteiger partial charge in [-0.3, -0.25) is 9.59 Å². The molecule has 3 aromatic rings. The lowest BCUT2D eigenvalue weighted by molar-refractivity contribution is -0.114. The van der Waals surface area contributed by atoms with E-state index in [2.05, 4.69) is 5.32 Å². The summed E-state index contributed by atoms with van der Waals surface area (Å²) in [5, 5.41) is 2.92. The SMILES string of the molecule is COc1ccc(C=C2Sc3ccc(C(=O)NCc4ccccc4OC)cc3N(C)C2=O)cc1. The number of nitrogens with zero attached hydrogens (tertiary/aromatic N) is 1. The number of para-hydroxylation sites is 1. The van der Waals surface area contributed by atoms with Gasteiger partial charge in [-0.2, -0.15) is 0 Å². The minimum absolute atomic E-state index is 0.116. The Bertz CT molecular complexity index is 1220. The summed E-state index contributed by atoms with van der Waals surface area (Å²) in [6.45, 7) is 0.345. The van der Waals surface area contributed by atoms with Crippen molar-refractivity contribution in [1.82, 2.24) is 5.32 Å². The van der Waals surface area contributed by atoms with Crippen molar-refractivity contribution in [3.8, 4) is 11.5 Å². The summed E-state index contributed by atoms with van der Waals surface area (Å²) < 4.78 is 10.5. The van der Waals surface area contributed by atoms with Gasteiger partial charge in [-0.15, -0.1) is 0 Å². The number of methoxy groups -OCH3 is 2. The molecule has 0 aromatic heterocycles. The minimum Gasteiger partial charge on any atom is -0.497 e. The molecule has 4 rings (SSSR count). The van der Waals surface area contributed by atoms with Crippen molar-refractivity contribution in [3.63, 3.8) is 0 Å². The number of carbonyl (C=O) groups is 2. The fourth-order valence-electron chi connectivity index (χ4n) is 3.51. The molecule has 0 bridgehead atoms. The summed E-state index contributed by atoms with van der Waals surface area (Å²) in [6, 6.07) is 20.5. The quantitative estimate of drug-likeness (QED) is 0.538. The van der Waals surface area contributed by atoms with Crippen LogP contribution in [0.4, 0.5) is 5.69 Å². The van der Waals surface area contributed by atoms with Crippen molar-refractivity contribution < 1.29 is 19.1 Å². The topological polar surface area (TPSA) is 67.9 Å². The Hall–Kier alpha value is -3.71. The first-order valence-electron chi connectivity index (χ1n) is 10.4. The number of amides is 2. The molecule has 0 saturated carbocycles. The van der Waals surface area contributed by atoms with Crippen molar-refractivity contribution in [2.24, 2.45) is 0 Å². The van der Waals surface area contributed by atoms with E-state index in [4.69, 9.17) is 9.47 Å². The summed E-state index contributed by atoms with van der Waals surface area (Å²) in [5.41, 5.74) is 3.01. The highest BCUT2D eigenvalue weighted by Crippen LogP contribution is 2.42. The van der Waals surface area contributed by atoms with E-state index in [0.717, 1.165) is 27.5 Å². The Morgan fingerprint density at radius 1 is 1.03 bits per heavy atom. The van der Waals surface area contributed by atoms with Gasteiger partial charge in [0.15, 0.2) is 0 Å². The number of hydrogen-bond acceptors (Lipinski definition) is 5. The lowest BCUT2D eigenvalue weighted by atomic mass is 10.1. The maximum absolute atomic E-state index is 13.0. The van der Waals surface area contributed by atoms with Gasteiger partial charge in [-0.05, 0) is 48.0 Å². The van der Waals surface area contributed by atoms with E-state index >= 15 is 0 Å². The van der Waals surface area contributed by atoms with Crippen LogP contribution in [0.5, 0.6) is 11.5 Å². The first kappa shape index (κ1) is 22.5. The van der Waals surface area contributed by atoms with E-state index in [0.29, 0.717) is 22.7 Å². The highest BCUT2D eigenvalue weighted by molar-refractivity contribution is 8.04. The Morgan fingerprint density at radius 3 is 2.52 bits per heavy atom. The van der Waals surface area contributed by atoms with Gasteiger partial charge in [0.05, 0.1) is 24.8 Å². The molecule has 6 nitrogen and oxygen atoms in total. The Morgan fingerprint density at radius 2 is 1.79 bits per heavy atom. The molecule has 168 valence electrons. The maximum atomic E-state index is 13.0. The highest BCUT2D eigenvalue weighted by Gasteiger charge is 2.27. The molecule has 3 aromatic carbocycles. The number of rotatable bonds is 6. The molecule has 1 heterocycles. The van der Waals surface area contributed by atoms with E-state index in [-0.39, 0.29) is 11.8 Å². The van der Waals surface area contributed by atoms with E-state index in [1.165, 1.54) is 11.8 Å². The molecule has 0 saturated heterocycles. The second-order valence-electron chi connectivity index (χ2n) is 7.43. The van der Waals surface area contributed by atoms with Crippen LogP contribution in [0.1, 0.15) is 21.5 Å². The number of benzene rings is 3. The summed E-state index contributed by atoms with van der Waals surface area (Å²) in [6.07, 6.45) is 1.86. The molecule has 0 radical (unpaired) electrons. The maximum Gasteiger partial charge on any atom is 0.264 e. The number of carbonyl (C=O) groups excluding carboxylic acids is 2. The van der Waals surface area contributed by atoms with Gasteiger partial charge in [0.2, 0.25) is 0 Å². The van der Waals surface area contributed by atoms with Crippen molar-refractivity contribution in [1.29, 1.82) is 0 Å². The molecule has 1 N–H and O–H groups in total. The van der Waals surface area contributed by atoms with Gasteiger partial charge in [0.25, 0.3) is 11.8 Å². The molecule has 33 heavy (non-hydrogen) atoms. The molecular formula is C26H24N2O4S. The summed E-state index contributed by atoms with van der Waals surface area (Å²) in [7, 11) is 4.94. The van der Waals surface area contributed by atoms with Gasteiger partial charge >= 0.3 is 0 Å². The van der Waals surface area contributed by atoms with Crippen molar-refractivity contribution >= 4 is 35.3 Å². The Balaban J connectivity index is 1.52. The first-order valence-corrected chi connectivity index (χ1v) is 11.2. The number of thioether (sulfide) groups is 1. The normalized spacial score (nSPS) is 14.1. The van der Waals surface area contributed by atoms with Crippen LogP contribution in [0, 0.1) is 0 Å². The van der Waals surface area contributed by atoms with Crippen molar-refractivity contribution in [2.75, 3.05) is 26.2 Å². The molecule has 1 aliphatic heterocycles. The van der Waals surface area contributed by atoms with Crippen LogP contribution in [0.3, 0.4) is 0 Å². The predicted octanol–water partition coefficient (Wildman–Crippen LogP) is 4.74. The average Bonchev–Trinajstić information content (AvgIpc) is 2.86. The van der Waals surface area contributed by atoms with Crippen LogP contribution >= 0.6 is 11.8 Å². The second-order valence-corrected chi connectivity index (χ2v) is 8.51. The molecule has 0 aliphatic carbocycles. The molecule has 2 amide bonds. The number of nitrogens with one attached hydrogen (secondary N) is 1. The summed E-state index contributed by atoms with van der Waals surface area (Å²) in [4.78, 5) is 28.9. The number of likely N-dealkylation sites (N-methyl/N-ethyl adjacent to an activating group) is 1. The van der Waals surface area contributed by atoms with Crippen LogP contribution in [0.2, 0.25) is 0 Å². The second kappa shape index (κ2) is 9.83. The van der Waals surface area contributed by atoms with E-state index in [9.17, 15) is 9.59 Å². The first-order chi connectivity index (χ1) is 16.0. The minimum atomic E-state index is -0.214. The van der Waals surface area contributed by atoms with Gasteiger partial charge < -0.3 is 19.7 Å². The average molecular weight is 461 g/mol. The van der Waals surface area contributed by atoms with Crippen LogP contribution < -0.4 is 19.7 Å². The number of hydrogen-bond donors (Lipinski definition) is 1. The van der Waals surface area contributed by atoms with Crippen LogP contribution in [0.15, 0.2) is 76.5 Å². The van der Waals surface area contributed by atoms with Crippen LogP contribution in [0.25, 0.3) is 6.08 Å². The lowest BCUT2D eigenvalue weighted by Gasteiger charge is -2.27. The van der Waals surface area contributed by atoms with E-state index < -0.39 is 0 Å². The summed E-state index contributed by atoms with van der Waals surface area (Å²) in [5.74, 6) is 1.16. The standard InChI is InChI=1S/C26H24N2O4S/c1-28-21-15-18(25(29)27-16-19-6-4-5-7-22(19)32-3)10-13-23(21)33-24(26(28)30)14-17-8-11-20(31-2)12-9-17/h4-15H,16H2,1-3H3,(H,27,29). The molecule has 0 atom stereocenters. The molecular weight excluding hydrogens is 436 g/mol. The smallest absolute Gasteiger partial charge is 0.264 e. The fourth-order valence-corrected chi connectivity index (χ4v) is 4.61. The highest BCUT2D eigenvalue weighted by atomic mass is 32.2. The zero-order valence-corrected chi connectivity index (χ0v) is 19.4. The molecule has 7 heteroatoms. The fraction of sp³-hybridized carbons (Fsp3) is 0.154. The number of anilines is 1. The van der Waals surface area contributed by atoms with Gasteiger partial charge in [0, 0.05) is 29.6 Å². The molecule has 0 fully saturated rings. The third-order valence-corrected chi connectivity index (χ3v) is 6.44. The Labute approximate surface area is 197 Å². The van der Waals surface area contributed by atoms with Gasteiger partial charge in [-0.25, -0.2) is 0 Å². The van der Waals surface area contributed by atoms with Gasteiger partial charge in [-0.1, -0.05) is 42.1 Å². The van der Waals surface area contributed by atoms with Crippen molar-refractivity contribution in [2.45, 2.75) is 11.4 Å². The third-order valence-electron chi connectivity index (χ3n) is 5.36. The summed E-state index contributed by atoms with van der Waals surface area (Å²) >= 11 is 1.40. The number of ether oxygens (including phenoxy) is 2. The molecule has 0 spiro atoms. The van der Waals surface area contributed by atoms with Crippen LogP contribution in [-0.2, 0) is 11.3 Å². The van der Waals surface area contributed by atoms with E-state index in [1.807, 2.05) is 60.7 Å². The molecule has 0 unspecified atom stereocenters. The van der Waals surface area contributed by atoms with Crippen LogP contribution in [-0.4, -0.2) is 33.1 Å². The largest absolute Gasteiger partial charge is 0.497 e. The Kier molecular flexibility index (Phi) is 6.70. The van der Waals surface area contributed by atoms with Gasteiger partial charge in [0.1, 0.15) is 11.5 Å². The monoisotopic (exact) mass is 460 g/mol. The molecule has 1 aliphatic rings. The number of fused-ring (bicyclic) bond motifs is 1. The lowest BCUT2D eigenvalue weighted by Crippen LogP contribution is -2.31. The predicted molar refractivity (Wildman–Crippen MR) is 131 cm³/mol. The zero-order chi connectivity index (χ0) is 23.4. The third kappa shape index (κ3) is 4.88. The van der Waals surface area contributed by atoms with E-state index in [1.54, 1.807) is 38.3 Å². The van der Waals surface area contributed by atoms with Crippen molar-refractivity contribution in [3.05, 3.63) is 88.3 Å².